The topological polar surface area (TPSA) is 183 Å². The van der Waals surface area contributed by atoms with Crippen molar-refractivity contribution in [3.05, 3.63) is 71.8 Å². The smallest absolute Gasteiger partial charge is 0.338 e. The second kappa shape index (κ2) is 16.5. The van der Waals surface area contributed by atoms with E-state index in [1.807, 2.05) is 30.3 Å². The first kappa shape index (κ1) is 35.6. The maximum atomic E-state index is 13.9. The maximum absolute atomic E-state index is 13.9. The van der Waals surface area contributed by atoms with Crippen LogP contribution >= 0.6 is 0 Å². The number of rotatable bonds is 13. The highest BCUT2D eigenvalue weighted by molar-refractivity contribution is 7.88. The lowest BCUT2D eigenvalue weighted by molar-refractivity contribution is -0.140. The standard InChI is InChI=1S/C33H44N6O7S/c1-47(44,45)39(28(22-24-10-4-2-5-11-24)31(42)38-18-8-14-27(38)30(34)41)23-25-16-19-37(20-17-25)33(35)36-29(40)15-9-21-46-32(43)26-12-6-3-7-13-26/h2-7,10-13,25,27-28H,8-9,14-23H2,1H3,(H2,34,41)(H2,35,36,40)/t27-,28+/m0/s1. The molecule has 47 heavy (non-hydrogen) atoms. The summed E-state index contributed by atoms with van der Waals surface area (Å²) in [5.74, 6) is -2.00. The Balaban J connectivity index is 1.32. The van der Waals surface area contributed by atoms with Crippen molar-refractivity contribution >= 4 is 39.7 Å². The molecular formula is C33H44N6O7S. The molecule has 0 unspecified atom stereocenters. The average molecular weight is 669 g/mol. The molecule has 4 N–H and O–H groups in total. The van der Waals surface area contributed by atoms with Crippen molar-refractivity contribution in [2.75, 3.05) is 39.0 Å². The number of ether oxygens (including phenoxy) is 1. The number of esters is 1. The molecule has 2 heterocycles. The maximum Gasteiger partial charge on any atom is 0.338 e. The van der Waals surface area contributed by atoms with Gasteiger partial charge in [0, 0.05) is 32.6 Å². The van der Waals surface area contributed by atoms with Crippen LogP contribution in [0.15, 0.2) is 60.7 Å². The Morgan fingerprint density at radius 2 is 1.64 bits per heavy atom. The lowest BCUT2D eigenvalue weighted by Gasteiger charge is -2.38. The summed E-state index contributed by atoms with van der Waals surface area (Å²) in [6.07, 6.45) is 3.77. The van der Waals surface area contributed by atoms with Gasteiger partial charge in [0.1, 0.15) is 12.1 Å². The van der Waals surface area contributed by atoms with Gasteiger partial charge in [-0.15, -0.1) is 0 Å². The van der Waals surface area contributed by atoms with E-state index in [0.717, 1.165) is 11.8 Å². The third kappa shape index (κ3) is 10.1. The highest BCUT2D eigenvalue weighted by Gasteiger charge is 2.41. The van der Waals surface area contributed by atoms with Crippen LogP contribution in [0.25, 0.3) is 0 Å². The zero-order valence-electron chi connectivity index (χ0n) is 26.7. The Bertz CT molecular complexity index is 1510. The summed E-state index contributed by atoms with van der Waals surface area (Å²) in [4.78, 5) is 53.7. The van der Waals surface area contributed by atoms with Crippen LogP contribution in [0.3, 0.4) is 0 Å². The average Bonchev–Trinajstić information content (AvgIpc) is 3.56. The highest BCUT2D eigenvalue weighted by Crippen LogP contribution is 2.26. The molecule has 0 radical (unpaired) electrons. The van der Waals surface area contributed by atoms with Gasteiger partial charge < -0.3 is 20.3 Å². The van der Waals surface area contributed by atoms with Crippen molar-refractivity contribution in [1.29, 1.82) is 5.41 Å². The van der Waals surface area contributed by atoms with Crippen LogP contribution in [0, 0.1) is 11.3 Å². The predicted octanol–water partition coefficient (Wildman–Crippen LogP) is 1.74. The summed E-state index contributed by atoms with van der Waals surface area (Å²) in [7, 11) is -3.85. The van der Waals surface area contributed by atoms with Gasteiger partial charge in [-0.2, -0.15) is 4.31 Å². The van der Waals surface area contributed by atoms with Crippen LogP contribution in [-0.2, 0) is 35.6 Å². The van der Waals surface area contributed by atoms with Crippen LogP contribution in [0.4, 0.5) is 0 Å². The Morgan fingerprint density at radius 3 is 2.26 bits per heavy atom. The fourth-order valence-corrected chi connectivity index (χ4v) is 7.19. The van der Waals surface area contributed by atoms with Gasteiger partial charge in [-0.1, -0.05) is 48.5 Å². The van der Waals surface area contributed by atoms with Crippen LogP contribution in [0.2, 0.25) is 0 Å². The summed E-state index contributed by atoms with van der Waals surface area (Å²) < 4.78 is 32.9. The number of primary amides is 1. The molecule has 2 atom stereocenters. The largest absolute Gasteiger partial charge is 0.462 e. The lowest BCUT2D eigenvalue weighted by Crippen LogP contribution is -2.56. The van der Waals surface area contributed by atoms with Gasteiger partial charge in [0.05, 0.1) is 18.4 Å². The minimum atomic E-state index is -3.85. The van der Waals surface area contributed by atoms with Crippen molar-refractivity contribution in [3.63, 3.8) is 0 Å². The Morgan fingerprint density at radius 1 is 1.00 bits per heavy atom. The van der Waals surface area contributed by atoms with Gasteiger partial charge >= 0.3 is 5.97 Å². The molecule has 0 spiro atoms. The SMILES string of the molecule is CS(=O)(=O)N(CC1CCN(C(=N)NC(=O)CCCOC(=O)c2ccccc2)CC1)[C@H](Cc1ccccc1)C(=O)N1CCC[C@H]1C(N)=O. The van der Waals surface area contributed by atoms with Gasteiger partial charge in [-0.25, -0.2) is 13.2 Å². The van der Waals surface area contributed by atoms with E-state index in [1.165, 1.54) is 9.21 Å². The van der Waals surface area contributed by atoms with Crippen molar-refractivity contribution in [1.82, 2.24) is 19.4 Å². The summed E-state index contributed by atoms with van der Waals surface area (Å²) in [6.45, 7) is 1.35. The summed E-state index contributed by atoms with van der Waals surface area (Å²) in [5, 5.41) is 11.0. The number of nitrogens with zero attached hydrogens (tertiary/aromatic N) is 3. The second-order valence-corrected chi connectivity index (χ2v) is 14.0. The molecule has 2 aliphatic heterocycles. The number of guanidine groups is 1. The van der Waals surface area contributed by atoms with E-state index in [4.69, 9.17) is 15.9 Å². The number of amides is 3. The minimum Gasteiger partial charge on any atom is -0.462 e. The minimum absolute atomic E-state index is 0.0432. The number of carbonyl (C=O) groups excluding carboxylic acids is 4. The number of carbonyl (C=O) groups is 4. The number of hydrogen-bond donors (Lipinski definition) is 3. The zero-order chi connectivity index (χ0) is 34.0. The first-order valence-corrected chi connectivity index (χ1v) is 17.7. The van der Waals surface area contributed by atoms with Gasteiger partial charge in [-0.05, 0) is 62.1 Å². The lowest BCUT2D eigenvalue weighted by atomic mass is 9.95. The zero-order valence-corrected chi connectivity index (χ0v) is 27.5. The van der Waals surface area contributed by atoms with Gasteiger partial charge in [-0.3, -0.25) is 25.1 Å². The molecule has 2 aliphatic rings. The molecular weight excluding hydrogens is 624 g/mol. The van der Waals surface area contributed by atoms with E-state index < -0.39 is 39.9 Å². The quantitative estimate of drug-likeness (QED) is 0.125. The van der Waals surface area contributed by atoms with Crippen molar-refractivity contribution in [3.8, 4) is 0 Å². The van der Waals surface area contributed by atoms with Crippen LogP contribution in [0.5, 0.6) is 0 Å². The third-order valence-electron chi connectivity index (χ3n) is 8.61. The van der Waals surface area contributed by atoms with Crippen molar-refractivity contribution in [2.45, 2.75) is 57.0 Å². The molecule has 254 valence electrons. The summed E-state index contributed by atoms with van der Waals surface area (Å²) in [5.41, 5.74) is 6.82. The van der Waals surface area contributed by atoms with Gasteiger partial charge in [0.25, 0.3) is 0 Å². The fraction of sp³-hybridized carbons (Fsp3) is 0.485. The number of likely N-dealkylation sites (tertiary alicyclic amines) is 2. The molecule has 2 aromatic rings. The highest BCUT2D eigenvalue weighted by atomic mass is 32.2. The van der Waals surface area contributed by atoms with E-state index in [2.05, 4.69) is 5.32 Å². The Hall–Kier alpha value is -4.30. The number of sulfonamides is 1. The Labute approximate surface area is 276 Å². The molecule has 3 amide bonds. The molecule has 0 aliphatic carbocycles. The first-order chi connectivity index (χ1) is 22.4. The van der Waals surface area contributed by atoms with E-state index in [0.29, 0.717) is 57.3 Å². The number of hydrogen-bond acceptors (Lipinski definition) is 8. The molecule has 4 rings (SSSR count). The van der Waals surface area contributed by atoms with Crippen molar-refractivity contribution < 1.29 is 32.3 Å². The molecule has 0 aromatic heterocycles. The molecule has 2 saturated heterocycles. The summed E-state index contributed by atoms with van der Waals surface area (Å²) in [6, 6.07) is 15.9. The van der Waals surface area contributed by atoms with E-state index in [1.54, 1.807) is 35.2 Å². The molecule has 0 bridgehead atoms. The first-order valence-electron chi connectivity index (χ1n) is 15.9. The number of nitrogens with one attached hydrogen (secondary N) is 2. The van der Waals surface area contributed by atoms with Gasteiger partial charge in [0.15, 0.2) is 5.96 Å². The van der Waals surface area contributed by atoms with E-state index >= 15 is 0 Å². The van der Waals surface area contributed by atoms with Crippen LogP contribution in [-0.4, -0.2) is 103 Å². The van der Waals surface area contributed by atoms with Crippen LogP contribution < -0.4 is 11.1 Å². The Kier molecular flexibility index (Phi) is 12.5. The monoisotopic (exact) mass is 668 g/mol. The van der Waals surface area contributed by atoms with E-state index in [9.17, 15) is 27.6 Å². The van der Waals surface area contributed by atoms with Gasteiger partial charge in [0.2, 0.25) is 27.7 Å². The third-order valence-corrected chi connectivity index (χ3v) is 9.87. The molecule has 14 heteroatoms. The molecule has 13 nitrogen and oxygen atoms in total. The summed E-state index contributed by atoms with van der Waals surface area (Å²) >= 11 is 0. The normalized spacial score (nSPS) is 17.7. The van der Waals surface area contributed by atoms with Crippen LogP contribution in [0.1, 0.15) is 54.4 Å². The second-order valence-electron chi connectivity index (χ2n) is 12.1. The van der Waals surface area contributed by atoms with E-state index in [-0.39, 0.29) is 43.8 Å². The molecule has 2 aromatic carbocycles. The number of piperidine rings is 1. The van der Waals surface area contributed by atoms with Crippen molar-refractivity contribution in [2.24, 2.45) is 11.7 Å². The fourth-order valence-electron chi connectivity index (χ4n) is 6.08. The number of benzene rings is 2. The predicted molar refractivity (Wildman–Crippen MR) is 176 cm³/mol. The molecule has 2 fully saturated rings. The number of nitrogens with two attached hydrogens (primary N) is 1. The molecule has 0 saturated carbocycles.